The van der Waals surface area contributed by atoms with Gasteiger partial charge in [-0.15, -0.1) is 8.93 Å². The summed E-state index contributed by atoms with van der Waals surface area (Å²) in [5, 5.41) is 0. The molecule has 0 amide bonds. The average molecular weight is 394 g/mol. The van der Waals surface area contributed by atoms with Gasteiger partial charge in [-0.25, -0.2) is 0 Å². The van der Waals surface area contributed by atoms with E-state index >= 15 is 0 Å². The number of benzene rings is 1. The molecule has 0 saturated heterocycles. The zero-order valence-electron chi connectivity index (χ0n) is 15.7. The molecule has 0 fully saturated rings. The summed E-state index contributed by atoms with van der Waals surface area (Å²) in [4.78, 5) is 15.4. The Bertz CT molecular complexity index is 616. The zero-order chi connectivity index (χ0) is 19.1. The first-order chi connectivity index (χ1) is 12.0. The van der Waals surface area contributed by atoms with Crippen LogP contribution < -0.4 is 0 Å². The van der Waals surface area contributed by atoms with Crippen LogP contribution in [0.1, 0.15) is 37.6 Å². The van der Waals surface area contributed by atoms with E-state index in [2.05, 4.69) is 49.8 Å². The summed E-state index contributed by atoms with van der Waals surface area (Å²) >= 11 is 0. The Morgan fingerprint density at radius 2 is 1.84 bits per heavy atom. The van der Waals surface area contributed by atoms with Crippen LogP contribution in [0.4, 0.5) is 0 Å². The second-order valence-electron chi connectivity index (χ2n) is 5.13. The third kappa shape index (κ3) is 12.1. The van der Waals surface area contributed by atoms with E-state index in [0.717, 1.165) is 20.2 Å². The number of Topliss-reactive ketones (excluding diaryl/α,β-unsaturated/α-hetero) is 1. The van der Waals surface area contributed by atoms with Gasteiger partial charge in [0.15, 0.2) is 5.78 Å². The molecule has 136 valence electrons. The molecule has 6 heteroatoms. The molecule has 25 heavy (non-hydrogen) atoms. The van der Waals surface area contributed by atoms with Crippen molar-refractivity contribution >= 4 is 30.7 Å². The Morgan fingerprint density at radius 3 is 2.24 bits per heavy atom. The van der Waals surface area contributed by atoms with Crippen LogP contribution in [0.2, 0.25) is 0 Å². The summed E-state index contributed by atoms with van der Waals surface area (Å²) < 4.78 is 4.37. The predicted octanol–water partition coefficient (Wildman–Crippen LogP) is 6.42. The highest BCUT2D eigenvalue weighted by Crippen LogP contribution is 2.37. The number of aryl methyl sites for hydroxylation is 2. The number of carbonyl (C=O) groups excluding carboxylic acids is 1. The van der Waals surface area contributed by atoms with Crippen LogP contribution in [0.5, 0.6) is 0 Å². The van der Waals surface area contributed by atoms with Crippen LogP contribution in [0.3, 0.4) is 0 Å². The van der Waals surface area contributed by atoms with Gasteiger partial charge in [0.25, 0.3) is 0 Å². The molecule has 3 atom stereocenters. The minimum Gasteiger partial charge on any atom is -0.298 e. The molecule has 2 rings (SSSR count). The molecule has 0 aliphatic rings. The number of hydrogen-bond acceptors (Lipinski definition) is 3. The third-order valence-electron chi connectivity index (χ3n) is 3.09. The average Bonchev–Trinajstić information content (AvgIpc) is 2.63. The molecule has 0 saturated carbocycles. The van der Waals surface area contributed by atoms with E-state index in [1.807, 2.05) is 39.0 Å². The number of nitrogens with zero attached hydrogens (tertiary/aromatic N) is 2. The highest BCUT2D eigenvalue weighted by Gasteiger charge is 2.12. The van der Waals surface area contributed by atoms with E-state index in [9.17, 15) is 4.79 Å². The Kier molecular flexibility index (Phi) is 14.7. The van der Waals surface area contributed by atoms with Gasteiger partial charge in [0, 0.05) is 26.4 Å². The lowest BCUT2D eigenvalue weighted by molar-refractivity contribution is -0.118. The van der Waals surface area contributed by atoms with E-state index in [0.29, 0.717) is 7.96 Å². The van der Waals surface area contributed by atoms with Gasteiger partial charge in [0.2, 0.25) is 0 Å². The Morgan fingerprint density at radius 1 is 1.20 bits per heavy atom. The first kappa shape index (κ1) is 24.0. The van der Waals surface area contributed by atoms with Crippen LogP contribution in [-0.2, 0) is 11.2 Å². The fourth-order valence-corrected chi connectivity index (χ4v) is 3.43. The second-order valence-corrected chi connectivity index (χ2v) is 9.52. The van der Waals surface area contributed by atoms with Crippen LogP contribution >= 0.6 is 24.9 Å². The highest BCUT2D eigenvalue weighted by atomic mass is 32.4. The van der Waals surface area contributed by atoms with Crippen LogP contribution in [0, 0.1) is 13.8 Å². The summed E-state index contributed by atoms with van der Waals surface area (Å²) in [5.41, 5.74) is 3.49. The smallest absolute Gasteiger partial charge is 0.154 e. The van der Waals surface area contributed by atoms with Crippen molar-refractivity contribution in [1.82, 2.24) is 4.98 Å². The summed E-state index contributed by atoms with van der Waals surface area (Å²) in [6, 6.07) is 14.0. The van der Waals surface area contributed by atoms with Gasteiger partial charge < -0.3 is 0 Å². The van der Waals surface area contributed by atoms with Gasteiger partial charge in [-0.2, -0.15) is 0 Å². The van der Waals surface area contributed by atoms with Crippen molar-refractivity contribution < 1.29 is 4.79 Å². The Balaban J connectivity index is 0.000000530. The van der Waals surface area contributed by atoms with Crippen molar-refractivity contribution in [2.24, 2.45) is 4.74 Å². The van der Waals surface area contributed by atoms with E-state index in [-0.39, 0.29) is 11.8 Å². The van der Waals surface area contributed by atoms with Crippen LogP contribution in [0.25, 0.3) is 0 Å². The summed E-state index contributed by atoms with van der Waals surface area (Å²) in [5.74, 6) is 0.149. The van der Waals surface area contributed by atoms with Gasteiger partial charge in [0.05, 0.1) is 0 Å². The summed E-state index contributed by atoms with van der Waals surface area (Å²) in [7, 11) is 4.31. The standard InChI is InChI=1S/C11H16NOP3.C6H7N.C2H6/c1-8-3-5-10(6-4-8)7-11(9(2)13)12-15-16-14;1-6-4-2-3-5-7-6;1-2/h3-6,11,16H,7,14H2,1-2H3;2-5H,1H3;1-2H3. The summed E-state index contributed by atoms with van der Waals surface area (Å²) in [6.07, 6.45) is 2.51. The minimum absolute atomic E-state index is 0.149. The van der Waals surface area contributed by atoms with E-state index < -0.39 is 0 Å². The Hall–Kier alpha value is -1.00. The summed E-state index contributed by atoms with van der Waals surface area (Å²) in [6.45, 7) is 9.65. The molecule has 0 N–H and O–H groups in total. The van der Waals surface area contributed by atoms with Crippen LogP contribution in [0.15, 0.2) is 53.4 Å². The maximum atomic E-state index is 11.4. The first-order valence-corrected chi connectivity index (χ1v) is 12.8. The molecule has 3 nitrogen and oxygen atoms in total. The quantitative estimate of drug-likeness (QED) is 0.549. The maximum Gasteiger partial charge on any atom is 0.154 e. The molecule has 1 heterocycles. The number of aromatic nitrogens is 1. The van der Waals surface area contributed by atoms with Crippen molar-refractivity contribution in [1.29, 1.82) is 0 Å². The van der Waals surface area contributed by atoms with Crippen molar-refractivity contribution in [3.63, 3.8) is 0 Å². The number of pyridine rings is 1. The largest absolute Gasteiger partial charge is 0.298 e. The zero-order valence-corrected chi connectivity index (χ0v) is 18.8. The molecular weight excluding hydrogens is 365 g/mol. The number of ketones is 1. The minimum atomic E-state index is -0.183. The molecule has 0 aliphatic heterocycles. The Labute approximate surface area is 158 Å². The maximum absolute atomic E-state index is 11.4. The SMILES string of the molecule is CC.CC(=O)C(Cc1ccc(C)cc1)N=PPP.Cc1ccccn1. The predicted molar refractivity (Wildman–Crippen MR) is 117 cm³/mol. The van der Waals surface area contributed by atoms with Gasteiger partial charge in [-0.1, -0.05) is 49.7 Å². The van der Waals surface area contributed by atoms with Crippen molar-refractivity contribution in [2.75, 3.05) is 0 Å². The fraction of sp³-hybridized carbons (Fsp3) is 0.368. The van der Waals surface area contributed by atoms with Gasteiger partial charge in [-0.05, 0) is 46.4 Å². The fourth-order valence-electron chi connectivity index (χ4n) is 1.76. The normalized spacial score (nSPS) is 11.4. The van der Waals surface area contributed by atoms with Crippen molar-refractivity contribution in [2.45, 2.75) is 47.1 Å². The van der Waals surface area contributed by atoms with E-state index in [1.165, 1.54) is 11.1 Å². The number of rotatable bonds is 5. The molecule has 0 spiro atoms. The molecule has 0 radical (unpaired) electrons. The van der Waals surface area contributed by atoms with Gasteiger partial charge in [-0.3, -0.25) is 14.5 Å². The molecule has 2 aromatic rings. The van der Waals surface area contributed by atoms with Crippen molar-refractivity contribution in [3.8, 4) is 0 Å². The first-order valence-electron chi connectivity index (χ1n) is 8.32. The number of hydrogen-bond donors (Lipinski definition) is 0. The monoisotopic (exact) mass is 394 g/mol. The van der Waals surface area contributed by atoms with Gasteiger partial charge in [0.1, 0.15) is 6.04 Å². The number of carbonyl (C=O) groups is 1. The lowest BCUT2D eigenvalue weighted by Crippen LogP contribution is -2.17. The van der Waals surface area contributed by atoms with Gasteiger partial charge >= 0.3 is 0 Å². The topological polar surface area (TPSA) is 42.3 Å². The molecule has 0 bridgehead atoms. The van der Waals surface area contributed by atoms with E-state index in [4.69, 9.17) is 0 Å². The molecular formula is C19H29N2OP3. The van der Waals surface area contributed by atoms with E-state index in [1.54, 1.807) is 13.1 Å². The lowest BCUT2D eigenvalue weighted by Gasteiger charge is -2.08. The molecule has 1 aromatic heterocycles. The highest BCUT2D eigenvalue weighted by molar-refractivity contribution is 8.36. The molecule has 1 aromatic carbocycles. The van der Waals surface area contributed by atoms with Crippen LogP contribution in [-0.4, -0.2) is 16.8 Å². The molecule has 0 aliphatic carbocycles. The molecule has 3 unspecified atom stereocenters. The second kappa shape index (κ2) is 15.3. The lowest BCUT2D eigenvalue weighted by atomic mass is 10.0. The third-order valence-corrected chi connectivity index (χ3v) is 5.33. The van der Waals surface area contributed by atoms with Crippen molar-refractivity contribution in [3.05, 3.63) is 65.5 Å².